The topological polar surface area (TPSA) is 12.9 Å². The summed E-state index contributed by atoms with van der Waals surface area (Å²) in [6.07, 6.45) is 8.41. The van der Waals surface area contributed by atoms with Crippen molar-refractivity contribution in [1.29, 1.82) is 0 Å². The Kier molecular flexibility index (Phi) is 3.13. The first-order chi connectivity index (χ1) is 5.43. The van der Waals surface area contributed by atoms with Crippen molar-refractivity contribution in [3.8, 4) is 0 Å². The Hall–Kier alpha value is -1.37. The van der Waals surface area contributed by atoms with Crippen LogP contribution in [0, 0.1) is 0 Å². The molecular formula is C10H11N. The van der Waals surface area contributed by atoms with Gasteiger partial charge in [-0.25, -0.2) is 0 Å². The first-order valence-corrected chi connectivity index (χ1v) is 3.61. The number of nitrogens with zero attached hydrogens (tertiary/aromatic N) is 1. The van der Waals surface area contributed by atoms with Gasteiger partial charge in [-0.15, -0.1) is 0 Å². The molecule has 11 heavy (non-hydrogen) atoms. The Morgan fingerprint density at radius 2 is 2.36 bits per heavy atom. The highest BCUT2D eigenvalue weighted by atomic mass is 14.7. The summed E-state index contributed by atoms with van der Waals surface area (Å²) in [6.45, 7) is 3.58. The number of allylic oxidation sites excluding steroid dienone is 3. The van der Waals surface area contributed by atoms with Crippen LogP contribution < -0.4 is 0 Å². The minimum absolute atomic E-state index is 0.882. The van der Waals surface area contributed by atoms with Crippen LogP contribution in [0.1, 0.15) is 5.69 Å². The third kappa shape index (κ3) is 2.80. The standard InChI is InChI=1S/C10H11N/c1-2-3-4-7-10-8-5-6-9-11-10/h2-6,8-9H,1,7H2/b4-3-. The molecule has 0 aromatic carbocycles. The second kappa shape index (κ2) is 4.45. The van der Waals surface area contributed by atoms with E-state index in [9.17, 15) is 0 Å². The lowest BCUT2D eigenvalue weighted by molar-refractivity contribution is 1.11. The molecule has 0 radical (unpaired) electrons. The van der Waals surface area contributed by atoms with Crippen LogP contribution in [0.5, 0.6) is 0 Å². The van der Waals surface area contributed by atoms with Gasteiger partial charge in [0, 0.05) is 18.3 Å². The second-order valence-corrected chi connectivity index (χ2v) is 2.19. The molecule has 0 saturated carbocycles. The number of rotatable bonds is 3. The van der Waals surface area contributed by atoms with Crippen LogP contribution in [-0.2, 0) is 6.42 Å². The Labute approximate surface area is 67.1 Å². The van der Waals surface area contributed by atoms with Crippen molar-refractivity contribution in [2.45, 2.75) is 6.42 Å². The summed E-state index contributed by atoms with van der Waals surface area (Å²) in [4.78, 5) is 4.16. The predicted molar refractivity (Wildman–Crippen MR) is 47.3 cm³/mol. The first-order valence-electron chi connectivity index (χ1n) is 3.61. The fraction of sp³-hybridized carbons (Fsp3) is 0.100. The highest BCUT2D eigenvalue weighted by Gasteiger charge is 1.85. The highest BCUT2D eigenvalue weighted by molar-refractivity contribution is 5.09. The summed E-state index contributed by atoms with van der Waals surface area (Å²) in [6, 6.07) is 5.91. The maximum absolute atomic E-state index is 4.16. The van der Waals surface area contributed by atoms with Gasteiger partial charge >= 0.3 is 0 Å². The predicted octanol–water partition coefficient (Wildman–Crippen LogP) is 2.37. The van der Waals surface area contributed by atoms with Crippen molar-refractivity contribution in [2.24, 2.45) is 0 Å². The molecule has 0 N–H and O–H groups in total. The average Bonchev–Trinajstić information content (AvgIpc) is 2.07. The Morgan fingerprint density at radius 3 is 3.00 bits per heavy atom. The third-order valence-electron chi connectivity index (χ3n) is 1.33. The monoisotopic (exact) mass is 145 g/mol. The summed E-state index contributed by atoms with van der Waals surface area (Å²) in [5, 5.41) is 0. The molecule has 1 rings (SSSR count). The molecule has 1 nitrogen and oxygen atoms in total. The maximum Gasteiger partial charge on any atom is 0.0441 e. The van der Waals surface area contributed by atoms with E-state index in [1.807, 2.05) is 30.4 Å². The molecule has 0 aliphatic heterocycles. The van der Waals surface area contributed by atoms with Crippen LogP contribution in [0.15, 0.2) is 49.2 Å². The van der Waals surface area contributed by atoms with Crippen LogP contribution in [0.2, 0.25) is 0 Å². The molecule has 0 fully saturated rings. The summed E-state index contributed by atoms with van der Waals surface area (Å²) in [5.41, 5.74) is 1.09. The lowest BCUT2D eigenvalue weighted by Crippen LogP contribution is -1.83. The van der Waals surface area contributed by atoms with E-state index in [1.165, 1.54) is 0 Å². The zero-order valence-electron chi connectivity index (χ0n) is 6.40. The SMILES string of the molecule is C=C/C=C\Cc1ccccn1. The minimum Gasteiger partial charge on any atom is -0.261 e. The van der Waals surface area contributed by atoms with Crippen molar-refractivity contribution >= 4 is 0 Å². The van der Waals surface area contributed by atoms with Crippen LogP contribution in [0.3, 0.4) is 0 Å². The highest BCUT2D eigenvalue weighted by Crippen LogP contribution is 1.94. The van der Waals surface area contributed by atoms with E-state index in [2.05, 4.69) is 11.6 Å². The van der Waals surface area contributed by atoms with E-state index in [4.69, 9.17) is 0 Å². The molecule has 1 aromatic rings. The fourth-order valence-corrected chi connectivity index (χ4v) is 0.804. The number of hydrogen-bond donors (Lipinski definition) is 0. The molecule has 0 saturated heterocycles. The van der Waals surface area contributed by atoms with Gasteiger partial charge in [-0.05, 0) is 12.1 Å². The quantitative estimate of drug-likeness (QED) is 0.595. The van der Waals surface area contributed by atoms with Crippen molar-refractivity contribution in [2.75, 3.05) is 0 Å². The number of pyridine rings is 1. The van der Waals surface area contributed by atoms with E-state index < -0.39 is 0 Å². The summed E-state index contributed by atoms with van der Waals surface area (Å²) < 4.78 is 0. The van der Waals surface area contributed by atoms with Crippen LogP contribution in [-0.4, -0.2) is 4.98 Å². The van der Waals surface area contributed by atoms with E-state index in [0.717, 1.165) is 12.1 Å². The fourth-order valence-electron chi connectivity index (χ4n) is 0.804. The van der Waals surface area contributed by atoms with Gasteiger partial charge in [-0.3, -0.25) is 4.98 Å². The molecule has 0 unspecified atom stereocenters. The Bertz CT molecular complexity index is 236. The van der Waals surface area contributed by atoms with Gasteiger partial charge in [-0.2, -0.15) is 0 Å². The zero-order chi connectivity index (χ0) is 7.94. The number of aromatic nitrogens is 1. The summed E-state index contributed by atoms with van der Waals surface area (Å²) in [7, 11) is 0. The normalized spacial score (nSPS) is 10.2. The van der Waals surface area contributed by atoms with Crippen molar-refractivity contribution in [3.05, 3.63) is 54.9 Å². The average molecular weight is 145 g/mol. The van der Waals surface area contributed by atoms with Gasteiger partial charge in [0.1, 0.15) is 0 Å². The van der Waals surface area contributed by atoms with Crippen molar-refractivity contribution < 1.29 is 0 Å². The summed E-state index contributed by atoms with van der Waals surface area (Å²) >= 11 is 0. The Morgan fingerprint density at radius 1 is 1.45 bits per heavy atom. The molecule has 56 valence electrons. The van der Waals surface area contributed by atoms with E-state index in [-0.39, 0.29) is 0 Å². The van der Waals surface area contributed by atoms with Gasteiger partial charge < -0.3 is 0 Å². The molecule has 1 heteroatoms. The van der Waals surface area contributed by atoms with E-state index in [0.29, 0.717) is 0 Å². The Balaban J connectivity index is 2.51. The molecule has 0 amide bonds. The van der Waals surface area contributed by atoms with Gasteiger partial charge in [0.05, 0.1) is 0 Å². The van der Waals surface area contributed by atoms with Gasteiger partial charge in [-0.1, -0.05) is 30.9 Å². The zero-order valence-corrected chi connectivity index (χ0v) is 6.40. The van der Waals surface area contributed by atoms with E-state index >= 15 is 0 Å². The second-order valence-electron chi connectivity index (χ2n) is 2.19. The van der Waals surface area contributed by atoms with E-state index in [1.54, 1.807) is 12.3 Å². The van der Waals surface area contributed by atoms with Crippen LogP contribution >= 0.6 is 0 Å². The van der Waals surface area contributed by atoms with Crippen LogP contribution in [0.25, 0.3) is 0 Å². The van der Waals surface area contributed by atoms with Crippen molar-refractivity contribution in [1.82, 2.24) is 4.98 Å². The van der Waals surface area contributed by atoms with Gasteiger partial charge in [0.25, 0.3) is 0 Å². The minimum atomic E-state index is 0.882. The van der Waals surface area contributed by atoms with Crippen molar-refractivity contribution in [3.63, 3.8) is 0 Å². The summed E-state index contributed by atoms with van der Waals surface area (Å²) in [5.74, 6) is 0. The molecule has 0 aliphatic carbocycles. The largest absolute Gasteiger partial charge is 0.261 e. The lowest BCUT2D eigenvalue weighted by Gasteiger charge is -1.91. The molecule has 0 spiro atoms. The van der Waals surface area contributed by atoms with Gasteiger partial charge in [0.2, 0.25) is 0 Å². The smallest absolute Gasteiger partial charge is 0.0441 e. The maximum atomic E-state index is 4.16. The molecular weight excluding hydrogens is 134 g/mol. The van der Waals surface area contributed by atoms with Crippen LogP contribution in [0.4, 0.5) is 0 Å². The van der Waals surface area contributed by atoms with Gasteiger partial charge in [0.15, 0.2) is 0 Å². The molecule has 1 heterocycles. The lowest BCUT2D eigenvalue weighted by atomic mass is 10.2. The number of hydrogen-bond acceptors (Lipinski definition) is 1. The molecule has 0 atom stereocenters. The molecule has 0 aliphatic rings. The first kappa shape index (κ1) is 7.73. The molecule has 0 bridgehead atoms. The molecule has 1 aromatic heterocycles. The third-order valence-corrected chi connectivity index (χ3v) is 1.33.